The zero-order chi connectivity index (χ0) is 24.5. The number of nitrogens with two attached hydrogens (primary N) is 1. The second kappa shape index (κ2) is 8.99. The van der Waals surface area contributed by atoms with Crippen molar-refractivity contribution in [3.8, 4) is 16.9 Å². The molecule has 6 heteroatoms. The Kier molecular flexibility index (Phi) is 5.71. The lowest BCUT2D eigenvalue weighted by molar-refractivity contribution is -0.114. The zero-order valence-corrected chi connectivity index (χ0v) is 19.5. The Morgan fingerprint density at radius 2 is 1.63 bits per heavy atom. The molecule has 0 spiro atoms. The Bertz CT molecular complexity index is 1580. The number of fused-ring (bicyclic) bond motifs is 3. The van der Waals surface area contributed by atoms with Gasteiger partial charge >= 0.3 is 0 Å². The molecule has 0 radical (unpaired) electrons. The third-order valence-corrected chi connectivity index (χ3v) is 6.17. The van der Waals surface area contributed by atoms with E-state index < -0.39 is 5.91 Å². The largest absolute Gasteiger partial charge is 0.497 e. The highest BCUT2D eigenvalue weighted by Gasteiger charge is 2.17. The summed E-state index contributed by atoms with van der Waals surface area (Å²) >= 11 is 0. The highest BCUT2D eigenvalue weighted by molar-refractivity contribution is 6.18. The summed E-state index contributed by atoms with van der Waals surface area (Å²) in [5, 5.41) is 4.65. The summed E-state index contributed by atoms with van der Waals surface area (Å²) in [6.07, 6.45) is 0. The number of rotatable bonds is 6. The van der Waals surface area contributed by atoms with Gasteiger partial charge in [-0.1, -0.05) is 42.5 Å². The molecular formula is C29H25N3O3. The van der Waals surface area contributed by atoms with Crippen LogP contribution in [0.2, 0.25) is 0 Å². The SMILES string of the molecule is COc1ccc(-c2ccc3c4c(C(N)=O)cccc4n(Cc4cccc(NC(C)=O)c4)c3c2)cc1. The smallest absolute Gasteiger partial charge is 0.249 e. The van der Waals surface area contributed by atoms with Gasteiger partial charge in [0.25, 0.3) is 0 Å². The minimum Gasteiger partial charge on any atom is -0.497 e. The lowest BCUT2D eigenvalue weighted by Crippen LogP contribution is -2.11. The summed E-state index contributed by atoms with van der Waals surface area (Å²) in [6.45, 7) is 2.05. The fourth-order valence-electron chi connectivity index (χ4n) is 4.62. The molecule has 174 valence electrons. The average molecular weight is 464 g/mol. The molecule has 1 aromatic heterocycles. The number of anilines is 1. The van der Waals surface area contributed by atoms with Crippen LogP contribution in [0.1, 0.15) is 22.8 Å². The van der Waals surface area contributed by atoms with Gasteiger partial charge in [0.1, 0.15) is 5.75 Å². The molecule has 0 aliphatic carbocycles. The van der Waals surface area contributed by atoms with Crippen molar-refractivity contribution in [1.29, 1.82) is 0 Å². The van der Waals surface area contributed by atoms with Crippen molar-refractivity contribution in [2.24, 2.45) is 5.73 Å². The minimum absolute atomic E-state index is 0.116. The van der Waals surface area contributed by atoms with E-state index >= 15 is 0 Å². The molecule has 0 aliphatic rings. The van der Waals surface area contributed by atoms with E-state index in [0.29, 0.717) is 12.1 Å². The summed E-state index contributed by atoms with van der Waals surface area (Å²) in [6, 6.07) is 27.6. The summed E-state index contributed by atoms with van der Waals surface area (Å²) in [7, 11) is 1.65. The molecule has 0 unspecified atom stereocenters. The molecule has 6 nitrogen and oxygen atoms in total. The number of methoxy groups -OCH3 is 1. The van der Waals surface area contributed by atoms with Crippen molar-refractivity contribution in [2.75, 3.05) is 12.4 Å². The van der Waals surface area contributed by atoms with Crippen molar-refractivity contribution >= 4 is 39.3 Å². The predicted molar refractivity (Wildman–Crippen MR) is 140 cm³/mol. The van der Waals surface area contributed by atoms with E-state index in [4.69, 9.17) is 10.5 Å². The van der Waals surface area contributed by atoms with Gasteiger partial charge < -0.3 is 20.4 Å². The van der Waals surface area contributed by atoms with Gasteiger partial charge in [0.2, 0.25) is 11.8 Å². The van der Waals surface area contributed by atoms with Crippen LogP contribution in [0.4, 0.5) is 5.69 Å². The molecule has 0 atom stereocenters. The number of nitrogens with one attached hydrogen (secondary N) is 1. The lowest BCUT2D eigenvalue weighted by atomic mass is 10.0. The molecule has 2 amide bonds. The quantitative estimate of drug-likeness (QED) is 0.345. The van der Waals surface area contributed by atoms with E-state index in [-0.39, 0.29) is 5.91 Å². The number of nitrogens with zero attached hydrogens (tertiary/aromatic N) is 1. The zero-order valence-electron chi connectivity index (χ0n) is 19.5. The van der Waals surface area contributed by atoms with Crippen molar-refractivity contribution in [3.05, 3.63) is 96.1 Å². The Morgan fingerprint density at radius 1 is 0.886 bits per heavy atom. The predicted octanol–water partition coefficient (Wildman–Crippen LogP) is 5.58. The topological polar surface area (TPSA) is 86.3 Å². The summed E-state index contributed by atoms with van der Waals surface area (Å²) in [5.41, 5.74) is 12.0. The first-order valence-electron chi connectivity index (χ1n) is 11.3. The molecule has 1 heterocycles. The van der Waals surface area contributed by atoms with Gasteiger partial charge in [-0.25, -0.2) is 0 Å². The molecule has 35 heavy (non-hydrogen) atoms. The van der Waals surface area contributed by atoms with Gasteiger partial charge in [0, 0.05) is 35.5 Å². The van der Waals surface area contributed by atoms with Crippen LogP contribution in [0.25, 0.3) is 32.9 Å². The first-order chi connectivity index (χ1) is 16.9. The second-order valence-corrected chi connectivity index (χ2v) is 8.49. The number of hydrogen-bond acceptors (Lipinski definition) is 3. The molecule has 0 bridgehead atoms. The highest BCUT2D eigenvalue weighted by atomic mass is 16.5. The second-order valence-electron chi connectivity index (χ2n) is 8.49. The van der Waals surface area contributed by atoms with Gasteiger partial charge in [0.15, 0.2) is 0 Å². The number of aromatic nitrogens is 1. The van der Waals surface area contributed by atoms with Gasteiger partial charge in [-0.2, -0.15) is 0 Å². The number of ether oxygens (including phenoxy) is 1. The summed E-state index contributed by atoms with van der Waals surface area (Å²) in [5.74, 6) is 0.227. The lowest BCUT2D eigenvalue weighted by Gasteiger charge is -2.11. The van der Waals surface area contributed by atoms with E-state index in [1.165, 1.54) is 6.92 Å². The number of hydrogen-bond donors (Lipinski definition) is 2. The molecule has 3 N–H and O–H groups in total. The van der Waals surface area contributed by atoms with Crippen molar-refractivity contribution < 1.29 is 14.3 Å². The monoisotopic (exact) mass is 463 g/mol. The molecule has 0 saturated carbocycles. The normalized spacial score (nSPS) is 11.0. The van der Waals surface area contributed by atoms with Crippen LogP contribution < -0.4 is 15.8 Å². The molecule has 0 aliphatic heterocycles. The van der Waals surface area contributed by atoms with Crippen LogP contribution in [0.3, 0.4) is 0 Å². The average Bonchev–Trinajstić information content (AvgIpc) is 3.16. The van der Waals surface area contributed by atoms with E-state index in [0.717, 1.165) is 49.9 Å². The van der Waals surface area contributed by atoms with Crippen LogP contribution in [-0.2, 0) is 11.3 Å². The Balaban J connectivity index is 1.71. The fourth-order valence-corrected chi connectivity index (χ4v) is 4.62. The van der Waals surface area contributed by atoms with Crippen LogP contribution >= 0.6 is 0 Å². The first-order valence-corrected chi connectivity index (χ1v) is 11.3. The maximum absolute atomic E-state index is 12.3. The summed E-state index contributed by atoms with van der Waals surface area (Å²) in [4.78, 5) is 23.8. The molecule has 4 aromatic carbocycles. The number of benzene rings is 4. The highest BCUT2D eigenvalue weighted by Crippen LogP contribution is 2.35. The number of carbonyl (C=O) groups is 2. The molecule has 5 aromatic rings. The van der Waals surface area contributed by atoms with Crippen LogP contribution in [-0.4, -0.2) is 23.5 Å². The Labute approximate surface area is 202 Å². The van der Waals surface area contributed by atoms with Crippen LogP contribution in [0.5, 0.6) is 5.75 Å². The number of primary amides is 1. The maximum Gasteiger partial charge on any atom is 0.249 e. The van der Waals surface area contributed by atoms with E-state index in [1.807, 2.05) is 66.7 Å². The van der Waals surface area contributed by atoms with Gasteiger partial charge in [-0.05, 0) is 59.2 Å². The van der Waals surface area contributed by atoms with Crippen LogP contribution in [0.15, 0.2) is 84.9 Å². The first kappa shape index (κ1) is 22.2. The van der Waals surface area contributed by atoms with E-state index in [9.17, 15) is 9.59 Å². The standard InChI is InChI=1S/C29H25N3O3/c1-18(33)31-22-6-3-5-19(15-22)17-32-26-8-4-7-25(29(30)34)28(26)24-14-11-21(16-27(24)32)20-9-12-23(35-2)13-10-20/h3-16H,17H2,1-2H3,(H2,30,34)(H,31,33). The van der Waals surface area contributed by atoms with Gasteiger partial charge in [-0.3, -0.25) is 9.59 Å². The molecule has 0 saturated heterocycles. The van der Waals surface area contributed by atoms with Crippen LogP contribution in [0, 0.1) is 0 Å². The molecule has 0 fully saturated rings. The fraction of sp³-hybridized carbons (Fsp3) is 0.103. The Morgan fingerprint density at radius 3 is 2.34 bits per heavy atom. The van der Waals surface area contributed by atoms with Gasteiger partial charge in [-0.15, -0.1) is 0 Å². The van der Waals surface area contributed by atoms with Crippen molar-refractivity contribution in [1.82, 2.24) is 4.57 Å². The Hall–Kier alpha value is -4.58. The van der Waals surface area contributed by atoms with E-state index in [2.05, 4.69) is 22.0 Å². The van der Waals surface area contributed by atoms with Crippen molar-refractivity contribution in [2.45, 2.75) is 13.5 Å². The van der Waals surface area contributed by atoms with Gasteiger partial charge in [0.05, 0.1) is 18.1 Å². The minimum atomic E-state index is -0.457. The molecule has 5 rings (SSSR count). The summed E-state index contributed by atoms with van der Waals surface area (Å²) < 4.78 is 7.49. The molecular weight excluding hydrogens is 438 g/mol. The number of amides is 2. The third-order valence-electron chi connectivity index (χ3n) is 6.17. The third kappa shape index (κ3) is 4.22. The van der Waals surface area contributed by atoms with E-state index in [1.54, 1.807) is 13.2 Å². The number of carbonyl (C=O) groups excluding carboxylic acids is 2. The maximum atomic E-state index is 12.3. The van der Waals surface area contributed by atoms with Crippen molar-refractivity contribution in [3.63, 3.8) is 0 Å².